The Kier molecular flexibility index (Phi) is 5.31. The van der Waals surface area contributed by atoms with Gasteiger partial charge in [-0.15, -0.1) is 0 Å². The summed E-state index contributed by atoms with van der Waals surface area (Å²) in [6.45, 7) is 8.94. The Hall–Kier alpha value is -1.31. The highest BCUT2D eigenvalue weighted by Crippen LogP contribution is 2.61. The molecule has 1 fully saturated rings. The van der Waals surface area contributed by atoms with E-state index < -0.39 is 5.97 Å². The molecule has 2 nitrogen and oxygen atoms in total. The quantitative estimate of drug-likeness (QED) is 0.648. The lowest BCUT2D eigenvalue weighted by molar-refractivity contribution is -0.132. The summed E-state index contributed by atoms with van der Waals surface area (Å²) in [6.07, 6.45) is 12.6. The third-order valence-corrected chi connectivity index (χ3v) is 5.58. The van der Waals surface area contributed by atoms with Crippen LogP contribution in [-0.4, -0.2) is 11.1 Å². The minimum absolute atomic E-state index is 0.257. The van der Waals surface area contributed by atoms with Crippen molar-refractivity contribution in [3.63, 3.8) is 0 Å². The van der Waals surface area contributed by atoms with Crippen molar-refractivity contribution in [1.29, 1.82) is 0 Å². The summed E-state index contributed by atoms with van der Waals surface area (Å²) in [5, 5.41) is 9.46. The predicted octanol–water partition coefficient (Wildman–Crippen LogP) is 5.52. The van der Waals surface area contributed by atoms with E-state index in [1.54, 1.807) is 0 Å². The smallest absolute Gasteiger partial charge is 0.331 e. The summed E-state index contributed by atoms with van der Waals surface area (Å²) in [4.78, 5) is 11.5. The van der Waals surface area contributed by atoms with Crippen molar-refractivity contribution in [3.8, 4) is 0 Å². The van der Waals surface area contributed by atoms with E-state index in [0.29, 0.717) is 23.8 Å². The molecule has 0 aromatic rings. The second-order valence-electron chi connectivity index (χ2n) is 7.67. The second kappa shape index (κ2) is 6.85. The highest BCUT2D eigenvalue weighted by atomic mass is 16.4. The molecule has 2 aliphatic carbocycles. The predicted molar refractivity (Wildman–Crippen MR) is 91.7 cm³/mol. The van der Waals surface area contributed by atoms with Crippen molar-refractivity contribution in [2.75, 3.05) is 0 Å². The number of rotatable bonds is 1. The zero-order chi connectivity index (χ0) is 16.3. The van der Waals surface area contributed by atoms with Crippen molar-refractivity contribution in [3.05, 3.63) is 34.9 Å². The molecule has 2 heteroatoms. The fraction of sp³-hybridized carbons (Fsp3) is 0.650. The van der Waals surface area contributed by atoms with Crippen LogP contribution in [0.4, 0.5) is 0 Å². The van der Waals surface area contributed by atoms with Gasteiger partial charge in [-0.25, -0.2) is 4.79 Å². The zero-order valence-electron chi connectivity index (χ0n) is 14.5. The van der Waals surface area contributed by atoms with Crippen LogP contribution in [0.25, 0.3) is 0 Å². The fourth-order valence-corrected chi connectivity index (χ4v) is 3.75. The van der Waals surface area contributed by atoms with Gasteiger partial charge in [-0.3, -0.25) is 0 Å². The first-order valence-corrected chi connectivity index (χ1v) is 8.57. The third-order valence-electron chi connectivity index (χ3n) is 5.58. The molecule has 1 N–H and O–H groups in total. The van der Waals surface area contributed by atoms with Gasteiger partial charge in [0.15, 0.2) is 0 Å². The SMILES string of the molecule is C/C1=C\CC/C(C(=O)O)=C/[C@@H]2[C@@H](CC/C(C)=C/CC1)C2(C)C. The van der Waals surface area contributed by atoms with E-state index in [-0.39, 0.29) is 5.41 Å². The van der Waals surface area contributed by atoms with Gasteiger partial charge in [-0.1, -0.05) is 43.2 Å². The number of hydrogen-bond acceptors (Lipinski definition) is 1. The minimum Gasteiger partial charge on any atom is -0.478 e. The van der Waals surface area contributed by atoms with Gasteiger partial charge >= 0.3 is 5.97 Å². The van der Waals surface area contributed by atoms with Gasteiger partial charge in [0, 0.05) is 5.57 Å². The number of carbonyl (C=O) groups is 1. The van der Waals surface area contributed by atoms with Gasteiger partial charge < -0.3 is 5.11 Å². The van der Waals surface area contributed by atoms with Crippen LogP contribution in [0.3, 0.4) is 0 Å². The van der Waals surface area contributed by atoms with Crippen molar-refractivity contribution >= 4 is 5.97 Å². The molecular formula is C20H30O2. The molecule has 0 aliphatic heterocycles. The van der Waals surface area contributed by atoms with Gasteiger partial charge in [0.05, 0.1) is 0 Å². The molecule has 2 atom stereocenters. The van der Waals surface area contributed by atoms with Gasteiger partial charge in [0.1, 0.15) is 0 Å². The van der Waals surface area contributed by atoms with E-state index in [0.717, 1.165) is 25.7 Å². The van der Waals surface area contributed by atoms with Crippen LogP contribution in [0.5, 0.6) is 0 Å². The molecule has 22 heavy (non-hydrogen) atoms. The number of hydrogen-bond donors (Lipinski definition) is 1. The van der Waals surface area contributed by atoms with E-state index in [2.05, 4.69) is 45.9 Å². The van der Waals surface area contributed by atoms with E-state index >= 15 is 0 Å². The summed E-state index contributed by atoms with van der Waals surface area (Å²) in [7, 11) is 0. The number of aliphatic carboxylic acids is 1. The van der Waals surface area contributed by atoms with Crippen LogP contribution in [0.15, 0.2) is 34.9 Å². The Morgan fingerprint density at radius 3 is 2.32 bits per heavy atom. The molecule has 0 amide bonds. The van der Waals surface area contributed by atoms with E-state index in [1.165, 1.54) is 17.6 Å². The Labute approximate surface area is 135 Å². The number of carboxylic acids is 1. The molecule has 2 rings (SSSR count). The van der Waals surface area contributed by atoms with Gasteiger partial charge in [0.25, 0.3) is 0 Å². The highest BCUT2D eigenvalue weighted by Gasteiger charge is 2.55. The molecule has 0 aromatic heterocycles. The first-order chi connectivity index (χ1) is 10.3. The number of fused-ring (bicyclic) bond motifs is 1. The monoisotopic (exact) mass is 302 g/mol. The van der Waals surface area contributed by atoms with E-state index in [1.807, 2.05) is 0 Å². The molecule has 2 aliphatic rings. The maximum atomic E-state index is 11.5. The number of carboxylic acid groups (broad SMARTS) is 1. The summed E-state index contributed by atoms with van der Waals surface area (Å²) >= 11 is 0. The molecule has 0 radical (unpaired) electrons. The average Bonchev–Trinajstić information content (AvgIpc) is 2.94. The maximum Gasteiger partial charge on any atom is 0.331 e. The van der Waals surface area contributed by atoms with Crippen molar-refractivity contribution < 1.29 is 9.90 Å². The van der Waals surface area contributed by atoms with Crippen molar-refractivity contribution in [2.24, 2.45) is 17.3 Å². The first kappa shape index (κ1) is 17.1. The molecule has 0 unspecified atom stereocenters. The zero-order valence-corrected chi connectivity index (χ0v) is 14.5. The second-order valence-corrected chi connectivity index (χ2v) is 7.67. The summed E-state index contributed by atoms with van der Waals surface area (Å²) in [6, 6.07) is 0. The lowest BCUT2D eigenvalue weighted by Crippen LogP contribution is -2.02. The van der Waals surface area contributed by atoms with Gasteiger partial charge in [0.2, 0.25) is 0 Å². The molecule has 0 saturated heterocycles. The topological polar surface area (TPSA) is 37.3 Å². The van der Waals surface area contributed by atoms with Crippen LogP contribution in [0.1, 0.15) is 66.2 Å². The molecule has 122 valence electrons. The van der Waals surface area contributed by atoms with Crippen LogP contribution < -0.4 is 0 Å². The molecule has 0 heterocycles. The van der Waals surface area contributed by atoms with Crippen LogP contribution in [0, 0.1) is 17.3 Å². The lowest BCUT2D eigenvalue weighted by atomic mass is 10.0. The Morgan fingerprint density at radius 1 is 1.09 bits per heavy atom. The molecule has 1 saturated carbocycles. The van der Waals surface area contributed by atoms with Crippen LogP contribution in [-0.2, 0) is 4.79 Å². The Morgan fingerprint density at radius 2 is 1.68 bits per heavy atom. The minimum atomic E-state index is -0.740. The van der Waals surface area contributed by atoms with Gasteiger partial charge in [-0.2, -0.15) is 0 Å². The number of allylic oxidation sites excluding steroid dienone is 5. The van der Waals surface area contributed by atoms with E-state index in [9.17, 15) is 9.90 Å². The Balaban J connectivity index is 2.19. The largest absolute Gasteiger partial charge is 0.478 e. The fourth-order valence-electron chi connectivity index (χ4n) is 3.75. The molecule has 0 bridgehead atoms. The molecular weight excluding hydrogens is 272 g/mol. The van der Waals surface area contributed by atoms with Gasteiger partial charge in [-0.05, 0) is 69.6 Å². The van der Waals surface area contributed by atoms with Crippen LogP contribution >= 0.6 is 0 Å². The average molecular weight is 302 g/mol. The summed E-state index contributed by atoms with van der Waals surface area (Å²) in [5.74, 6) is 0.320. The highest BCUT2D eigenvalue weighted by molar-refractivity contribution is 5.86. The molecule has 0 aromatic carbocycles. The Bertz CT molecular complexity index is 520. The van der Waals surface area contributed by atoms with Crippen molar-refractivity contribution in [1.82, 2.24) is 0 Å². The first-order valence-electron chi connectivity index (χ1n) is 8.57. The lowest BCUT2D eigenvalue weighted by Gasteiger charge is -2.05. The van der Waals surface area contributed by atoms with E-state index in [4.69, 9.17) is 0 Å². The normalized spacial score (nSPS) is 36.5. The summed E-state index contributed by atoms with van der Waals surface area (Å²) < 4.78 is 0. The van der Waals surface area contributed by atoms with Crippen molar-refractivity contribution in [2.45, 2.75) is 66.2 Å². The molecule has 0 spiro atoms. The third kappa shape index (κ3) is 4.12. The van der Waals surface area contributed by atoms with Crippen LogP contribution in [0.2, 0.25) is 0 Å². The maximum absolute atomic E-state index is 11.5. The summed E-state index contributed by atoms with van der Waals surface area (Å²) in [5.41, 5.74) is 3.71. The standard InChI is InChI=1S/C20H30O2/c1-14-7-5-8-15(2)11-12-17-18(20(17,3)4)13-16(19(21)22)10-6-9-14/h8-9,13,17-18H,5-7,10-12H2,1-4H3,(H,21,22)/b14-9+,15-8+,16-13-/t17-,18-/m1/s1.